The average Bonchev–Trinajstić information content (AvgIpc) is 2.52. The van der Waals surface area contributed by atoms with E-state index in [1.807, 2.05) is 0 Å². The Hall–Kier alpha value is -1.06. The Morgan fingerprint density at radius 1 is 1.30 bits per heavy atom. The molecule has 2 bridgehead atoms. The molecule has 23 heavy (non-hydrogen) atoms. The van der Waals surface area contributed by atoms with Gasteiger partial charge in [0.1, 0.15) is 11.5 Å². The standard InChI is InChI=1S/C19H25NO2.ClH/c1-11-12(2)18-16-8-13-4-5-14(22-3)9-15(13)19(18,6-7-20-16)10-17(11)21;/h4-5,9,11-12,16,18,20H,6-8,10H2,1-3H3;1H/t11-,12+,16-,18+,19+;/m1./s1. The van der Waals surface area contributed by atoms with Crippen LogP contribution < -0.4 is 10.1 Å². The summed E-state index contributed by atoms with van der Waals surface area (Å²) in [6.45, 7) is 5.43. The normalized spacial score (nSPS) is 38.1. The highest BCUT2D eigenvalue weighted by molar-refractivity contribution is 5.85. The third-order valence-corrected chi connectivity index (χ3v) is 6.70. The number of carbonyl (C=O) groups is 1. The van der Waals surface area contributed by atoms with E-state index in [9.17, 15) is 4.79 Å². The van der Waals surface area contributed by atoms with Crippen LogP contribution in [0.3, 0.4) is 0 Å². The second kappa shape index (κ2) is 5.78. The molecule has 1 saturated heterocycles. The van der Waals surface area contributed by atoms with E-state index in [-0.39, 0.29) is 23.7 Å². The maximum atomic E-state index is 12.7. The molecular formula is C19H26ClNO2. The lowest BCUT2D eigenvalue weighted by atomic mass is 9.48. The molecule has 0 spiro atoms. The van der Waals surface area contributed by atoms with Crippen LogP contribution in [0.2, 0.25) is 0 Å². The fraction of sp³-hybridized carbons (Fsp3) is 0.632. The van der Waals surface area contributed by atoms with Gasteiger partial charge in [0.25, 0.3) is 0 Å². The van der Waals surface area contributed by atoms with E-state index in [1.54, 1.807) is 7.11 Å². The number of nitrogens with one attached hydrogen (secondary N) is 1. The lowest BCUT2D eigenvalue weighted by Gasteiger charge is -2.58. The van der Waals surface area contributed by atoms with Crippen molar-refractivity contribution in [2.45, 2.75) is 44.6 Å². The Labute approximate surface area is 144 Å². The lowest BCUT2D eigenvalue weighted by Crippen LogP contribution is -2.64. The molecule has 0 unspecified atom stereocenters. The number of benzene rings is 1. The summed E-state index contributed by atoms with van der Waals surface area (Å²) in [7, 11) is 1.72. The molecular weight excluding hydrogens is 310 g/mol. The zero-order valence-electron chi connectivity index (χ0n) is 14.1. The van der Waals surface area contributed by atoms with Gasteiger partial charge in [0, 0.05) is 23.8 Å². The monoisotopic (exact) mass is 335 g/mol. The van der Waals surface area contributed by atoms with E-state index in [0.717, 1.165) is 25.1 Å². The Bertz CT molecular complexity index is 632. The molecule has 0 amide bonds. The van der Waals surface area contributed by atoms with Gasteiger partial charge in [-0.25, -0.2) is 0 Å². The van der Waals surface area contributed by atoms with Crippen LogP contribution in [-0.4, -0.2) is 25.5 Å². The highest BCUT2D eigenvalue weighted by Crippen LogP contribution is 2.56. The van der Waals surface area contributed by atoms with Crippen molar-refractivity contribution in [1.29, 1.82) is 0 Å². The van der Waals surface area contributed by atoms with Gasteiger partial charge in [-0.15, -0.1) is 12.4 Å². The number of ketones is 1. The number of ether oxygens (including phenoxy) is 1. The van der Waals surface area contributed by atoms with E-state index in [0.29, 0.717) is 30.1 Å². The van der Waals surface area contributed by atoms with Gasteiger partial charge in [-0.2, -0.15) is 0 Å². The van der Waals surface area contributed by atoms with Crippen molar-refractivity contribution in [3.8, 4) is 5.75 Å². The molecule has 4 rings (SSSR count). The number of methoxy groups -OCH3 is 1. The molecule has 4 heteroatoms. The quantitative estimate of drug-likeness (QED) is 0.857. The molecule has 2 aliphatic carbocycles. The average molecular weight is 336 g/mol. The van der Waals surface area contributed by atoms with Crippen molar-refractivity contribution >= 4 is 18.2 Å². The van der Waals surface area contributed by atoms with Crippen molar-refractivity contribution in [1.82, 2.24) is 5.32 Å². The largest absolute Gasteiger partial charge is 0.497 e. The van der Waals surface area contributed by atoms with Crippen molar-refractivity contribution in [2.75, 3.05) is 13.7 Å². The highest BCUT2D eigenvalue weighted by Gasteiger charge is 2.57. The molecule has 1 aromatic carbocycles. The first-order valence-electron chi connectivity index (χ1n) is 8.50. The van der Waals surface area contributed by atoms with Crippen LogP contribution in [0.1, 0.15) is 37.8 Å². The lowest BCUT2D eigenvalue weighted by molar-refractivity contribution is -0.134. The third kappa shape index (κ3) is 2.24. The molecule has 3 nitrogen and oxygen atoms in total. The topological polar surface area (TPSA) is 38.3 Å². The summed E-state index contributed by atoms with van der Waals surface area (Å²) in [5.74, 6) is 2.56. The van der Waals surface area contributed by atoms with Gasteiger partial charge in [0.05, 0.1) is 7.11 Å². The third-order valence-electron chi connectivity index (χ3n) is 6.70. The van der Waals surface area contributed by atoms with E-state index in [2.05, 4.69) is 37.4 Å². The highest BCUT2D eigenvalue weighted by atomic mass is 35.5. The molecule has 1 heterocycles. The predicted molar refractivity (Wildman–Crippen MR) is 93.5 cm³/mol. The molecule has 3 aliphatic rings. The summed E-state index contributed by atoms with van der Waals surface area (Å²) < 4.78 is 5.47. The summed E-state index contributed by atoms with van der Waals surface area (Å²) in [5.41, 5.74) is 2.83. The molecule has 2 fully saturated rings. The number of fused-ring (bicyclic) bond motifs is 1. The van der Waals surface area contributed by atoms with Crippen LogP contribution in [0.4, 0.5) is 0 Å². The predicted octanol–water partition coefficient (Wildman–Crippen LogP) is 3.13. The van der Waals surface area contributed by atoms with Gasteiger partial charge in [-0.05, 0) is 54.5 Å². The number of carbonyl (C=O) groups excluding carboxylic acids is 1. The smallest absolute Gasteiger partial charge is 0.136 e. The van der Waals surface area contributed by atoms with Crippen LogP contribution in [0.25, 0.3) is 0 Å². The van der Waals surface area contributed by atoms with Gasteiger partial charge in [0.2, 0.25) is 0 Å². The number of Topliss-reactive ketones (excluding diaryl/α,β-unsaturated/α-hetero) is 1. The number of piperidine rings is 1. The first-order valence-corrected chi connectivity index (χ1v) is 8.50. The van der Waals surface area contributed by atoms with Gasteiger partial charge in [-0.3, -0.25) is 4.79 Å². The molecule has 126 valence electrons. The minimum absolute atomic E-state index is 0. The second-order valence-corrected chi connectivity index (χ2v) is 7.51. The summed E-state index contributed by atoms with van der Waals surface area (Å²) >= 11 is 0. The minimum Gasteiger partial charge on any atom is -0.497 e. The molecule has 1 N–H and O–H groups in total. The van der Waals surface area contributed by atoms with E-state index in [1.165, 1.54) is 11.1 Å². The Morgan fingerprint density at radius 3 is 2.83 bits per heavy atom. The number of halogens is 1. The number of rotatable bonds is 1. The first kappa shape index (κ1) is 16.8. The second-order valence-electron chi connectivity index (χ2n) is 7.51. The van der Waals surface area contributed by atoms with Gasteiger partial charge >= 0.3 is 0 Å². The molecule has 0 radical (unpaired) electrons. The minimum atomic E-state index is 0. The number of hydrogen-bond donors (Lipinski definition) is 1. The SMILES string of the molecule is COc1ccc2c(c1)[C@@]13CCN[C@H](C2)[C@@H]1[C@@H](C)[C@@H](C)C(=O)C3.Cl. The number of hydrogen-bond acceptors (Lipinski definition) is 3. The van der Waals surface area contributed by atoms with Crippen molar-refractivity contribution < 1.29 is 9.53 Å². The summed E-state index contributed by atoms with van der Waals surface area (Å²) in [4.78, 5) is 12.7. The van der Waals surface area contributed by atoms with Crippen molar-refractivity contribution in [2.24, 2.45) is 17.8 Å². The summed E-state index contributed by atoms with van der Waals surface area (Å²) in [6.07, 6.45) is 2.86. The van der Waals surface area contributed by atoms with E-state index >= 15 is 0 Å². The van der Waals surface area contributed by atoms with Gasteiger partial charge in [0.15, 0.2) is 0 Å². The molecule has 1 saturated carbocycles. The molecule has 1 aliphatic heterocycles. The Kier molecular flexibility index (Phi) is 4.22. The van der Waals surface area contributed by atoms with Crippen LogP contribution >= 0.6 is 12.4 Å². The molecule has 1 aromatic rings. The fourth-order valence-electron chi connectivity index (χ4n) is 5.48. The van der Waals surface area contributed by atoms with E-state index in [4.69, 9.17) is 4.74 Å². The van der Waals surface area contributed by atoms with Gasteiger partial charge in [-0.1, -0.05) is 19.9 Å². The van der Waals surface area contributed by atoms with Crippen LogP contribution in [0.15, 0.2) is 18.2 Å². The maximum absolute atomic E-state index is 12.7. The van der Waals surface area contributed by atoms with E-state index < -0.39 is 0 Å². The van der Waals surface area contributed by atoms with Crippen molar-refractivity contribution in [3.63, 3.8) is 0 Å². The summed E-state index contributed by atoms with van der Waals surface area (Å²) in [5, 5.41) is 3.74. The van der Waals surface area contributed by atoms with Gasteiger partial charge < -0.3 is 10.1 Å². The maximum Gasteiger partial charge on any atom is 0.136 e. The zero-order valence-corrected chi connectivity index (χ0v) is 14.9. The van der Waals surface area contributed by atoms with Crippen LogP contribution in [0, 0.1) is 17.8 Å². The Balaban J connectivity index is 0.00000156. The zero-order chi connectivity index (χ0) is 15.5. The van der Waals surface area contributed by atoms with Crippen molar-refractivity contribution in [3.05, 3.63) is 29.3 Å². The fourth-order valence-corrected chi connectivity index (χ4v) is 5.48. The first-order chi connectivity index (χ1) is 10.6. The summed E-state index contributed by atoms with van der Waals surface area (Å²) in [6, 6.07) is 6.99. The van der Waals surface area contributed by atoms with Crippen LogP contribution in [-0.2, 0) is 16.6 Å². The molecule has 0 aromatic heterocycles. The molecule has 5 atom stereocenters. The van der Waals surface area contributed by atoms with Crippen LogP contribution in [0.5, 0.6) is 5.75 Å². The Morgan fingerprint density at radius 2 is 2.09 bits per heavy atom.